The van der Waals surface area contributed by atoms with E-state index in [2.05, 4.69) is 50.4 Å². The van der Waals surface area contributed by atoms with Gasteiger partial charge in [0.25, 0.3) is 0 Å². The number of hydrogen-bond donors (Lipinski definition) is 3. The van der Waals surface area contributed by atoms with E-state index in [4.69, 9.17) is 4.74 Å². The Kier molecular flexibility index (Phi) is 47.0. The minimum Gasteiger partial charge on any atom is -0.462 e. The molecule has 0 spiro atoms. The van der Waals surface area contributed by atoms with E-state index in [1.54, 1.807) is 0 Å². The van der Waals surface area contributed by atoms with Crippen LogP contribution in [-0.4, -0.2) is 46.9 Å². The van der Waals surface area contributed by atoms with Crippen molar-refractivity contribution >= 4 is 11.9 Å². The molecule has 3 unspecified atom stereocenters. The molecule has 0 heterocycles. The van der Waals surface area contributed by atoms with E-state index in [1.807, 2.05) is 0 Å². The Labute approximate surface area is 373 Å². The van der Waals surface area contributed by atoms with Crippen molar-refractivity contribution in [3.63, 3.8) is 0 Å². The molecule has 0 aromatic heterocycles. The molecule has 354 valence electrons. The number of unbranched alkanes of at least 4 members (excludes halogenated alkanes) is 32. The molecule has 0 aliphatic carbocycles. The van der Waals surface area contributed by atoms with Crippen molar-refractivity contribution in [3.8, 4) is 0 Å². The number of aliphatic hydroxyl groups excluding tert-OH is 2. The molecule has 0 aromatic rings. The quantitative estimate of drug-likeness (QED) is 0.0322. The van der Waals surface area contributed by atoms with E-state index in [-0.39, 0.29) is 24.9 Å². The lowest BCUT2D eigenvalue weighted by atomic mass is 10.0. The topological polar surface area (TPSA) is 95.9 Å². The van der Waals surface area contributed by atoms with Gasteiger partial charge in [-0.15, -0.1) is 0 Å². The molecule has 0 bridgehead atoms. The van der Waals surface area contributed by atoms with Crippen LogP contribution in [0.5, 0.6) is 0 Å². The maximum Gasteiger partial charge on any atom is 0.306 e. The SMILES string of the molecule is CCCC/C=C\CCCCCCCC(=O)OC(CCCCC/C=C/CCCCCCCCCCC)CC(=O)NC(CO)C(O)CCCCCCCCCCCCCCCC. The zero-order valence-corrected chi connectivity index (χ0v) is 40.4. The summed E-state index contributed by atoms with van der Waals surface area (Å²) in [5.74, 6) is -0.488. The minimum atomic E-state index is -0.789. The van der Waals surface area contributed by atoms with Gasteiger partial charge < -0.3 is 20.3 Å². The number of carbonyl (C=O) groups excluding carboxylic acids is 2. The van der Waals surface area contributed by atoms with Crippen LogP contribution >= 0.6 is 0 Å². The van der Waals surface area contributed by atoms with Gasteiger partial charge in [-0.05, 0) is 70.6 Å². The molecular weight excluding hydrogens is 743 g/mol. The highest BCUT2D eigenvalue weighted by Gasteiger charge is 2.24. The number of ether oxygens (including phenoxy) is 1. The lowest BCUT2D eigenvalue weighted by Gasteiger charge is -2.24. The summed E-state index contributed by atoms with van der Waals surface area (Å²) >= 11 is 0. The second kappa shape index (κ2) is 48.4. The number of allylic oxidation sites excluding steroid dienone is 4. The van der Waals surface area contributed by atoms with Crippen LogP contribution in [0.1, 0.15) is 284 Å². The molecule has 0 aromatic carbocycles. The zero-order valence-electron chi connectivity index (χ0n) is 40.4. The summed E-state index contributed by atoms with van der Waals surface area (Å²) in [5, 5.41) is 23.8. The third-order valence-electron chi connectivity index (χ3n) is 12.3. The van der Waals surface area contributed by atoms with Gasteiger partial charge >= 0.3 is 5.97 Å². The summed E-state index contributed by atoms with van der Waals surface area (Å²) < 4.78 is 5.92. The van der Waals surface area contributed by atoms with Crippen molar-refractivity contribution in [2.45, 2.75) is 302 Å². The molecule has 0 fully saturated rings. The summed E-state index contributed by atoms with van der Waals surface area (Å²) in [6.07, 6.45) is 55.2. The fourth-order valence-corrected chi connectivity index (χ4v) is 8.17. The van der Waals surface area contributed by atoms with Crippen molar-refractivity contribution in [1.29, 1.82) is 0 Å². The summed E-state index contributed by atoms with van der Waals surface area (Å²) in [5.41, 5.74) is 0. The first kappa shape index (κ1) is 58.3. The summed E-state index contributed by atoms with van der Waals surface area (Å²) in [7, 11) is 0. The van der Waals surface area contributed by atoms with Crippen LogP contribution < -0.4 is 5.32 Å². The minimum absolute atomic E-state index is 0.0677. The van der Waals surface area contributed by atoms with E-state index in [0.717, 1.165) is 64.2 Å². The van der Waals surface area contributed by atoms with Crippen molar-refractivity contribution in [1.82, 2.24) is 5.32 Å². The maximum absolute atomic E-state index is 13.2. The molecule has 0 radical (unpaired) electrons. The van der Waals surface area contributed by atoms with Gasteiger partial charge in [-0.1, -0.05) is 225 Å². The Morgan fingerprint density at radius 3 is 1.25 bits per heavy atom. The molecule has 6 heteroatoms. The van der Waals surface area contributed by atoms with Crippen LogP contribution in [0.4, 0.5) is 0 Å². The monoisotopic (exact) mass is 846 g/mol. The van der Waals surface area contributed by atoms with Crippen LogP contribution in [-0.2, 0) is 14.3 Å². The van der Waals surface area contributed by atoms with E-state index in [9.17, 15) is 19.8 Å². The van der Waals surface area contributed by atoms with Gasteiger partial charge in [0, 0.05) is 6.42 Å². The van der Waals surface area contributed by atoms with Crippen LogP contribution in [0.15, 0.2) is 24.3 Å². The molecule has 60 heavy (non-hydrogen) atoms. The predicted molar refractivity (Wildman–Crippen MR) is 260 cm³/mol. The number of carbonyl (C=O) groups is 2. The van der Waals surface area contributed by atoms with Crippen LogP contribution in [0, 0.1) is 0 Å². The standard InChI is InChI=1S/C54H103NO5/c1-4-7-10-13-16-19-22-24-26-27-28-31-33-36-39-42-45-50(60-54(59)47-44-41-38-35-30-21-18-15-12-9-6-3)48-53(58)55-51(49-56)52(57)46-43-40-37-34-32-29-25-23-20-17-14-11-8-5-2/h15,18,28,31,50-52,56-57H,4-14,16-17,19-27,29-30,32-49H2,1-3H3,(H,55,58)/b18-15-,31-28+. The third-order valence-corrected chi connectivity index (χ3v) is 12.3. The summed E-state index contributed by atoms with van der Waals surface area (Å²) in [4.78, 5) is 26.1. The normalized spacial score (nSPS) is 13.3. The van der Waals surface area contributed by atoms with Crippen LogP contribution in [0.2, 0.25) is 0 Å². The number of rotatable bonds is 48. The molecule has 6 nitrogen and oxygen atoms in total. The van der Waals surface area contributed by atoms with Gasteiger partial charge in [-0.25, -0.2) is 0 Å². The molecule has 0 aliphatic heterocycles. The number of esters is 1. The van der Waals surface area contributed by atoms with E-state index >= 15 is 0 Å². The second-order valence-electron chi connectivity index (χ2n) is 18.3. The Balaban J connectivity index is 4.56. The van der Waals surface area contributed by atoms with E-state index in [1.165, 1.54) is 173 Å². The van der Waals surface area contributed by atoms with Gasteiger partial charge in [-0.3, -0.25) is 9.59 Å². The first-order valence-corrected chi connectivity index (χ1v) is 26.6. The molecule has 3 N–H and O–H groups in total. The van der Waals surface area contributed by atoms with E-state index < -0.39 is 18.2 Å². The average Bonchev–Trinajstić information content (AvgIpc) is 3.24. The van der Waals surface area contributed by atoms with Gasteiger partial charge in [0.05, 0.1) is 25.2 Å². The third kappa shape index (κ3) is 43.0. The highest BCUT2D eigenvalue weighted by molar-refractivity contribution is 5.77. The molecule has 0 saturated carbocycles. The number of aliphatic hydroxyl groups is 2. The Hall–Kier alpha value is -1.66. The highest BCUT2D eigenvalue weighted by atomic mass is 16.5. The van der Waals surface area contributed by atoms with Crippen LogP contribution in [0.25, 0.3) is 0 Å². The largest absolute Gasteiger partial charge is 0.462 e. The van der Waals surface area contributed by atoms with E-state index in [0.29, 0.717) is 19.3 Å². The predicted octanol–water partition coefficient (Wildman–Crippen LogP) is 15.9. The fraction of sp³-hybridized carbons (Fsp3) is 0.889. The number of nitrogens with one attached hydrogen (secondary N) is 1. The fourth-order valence-electron chi connectivity index (χ4n) is 8.17. The molecular formula is C54H103NO5. The lowest BCUT2D eigenvalue weighted by Crippen LogP contribution is -2.46. The highest BCUT2D eigenvalue weighted by Crippen LogP contribution is 2.18. The molecule has 0 rings (SSSR count). The first-order valence-electron chi connectivity index (χ1n) is 26.6. The van der Waals surface area contributed by atoms with Crippen molar-refractivity contribution < 1.29 is 24.5 Å². The van der Waals surface area contributed by atoms with Crippen LogP contribution in [0.3, 0.4) is 0 Å². The second-order valence-corrected chi connectivity index (χ2v) is 18.3. The lowest BCUT2D eigenvalue weighted by molar-refractivity contribution is -0.151. The Morgan fingerprint density at radius 2 is 0.817 bits per heavy atom. The number of hydrogen-bond acceptors (Lipinski definition) is 5. The summed E-state index contributed by atoms with van der Waals surface area (Å²) in [6.45, 7) is 6.46. The zero-order chi connectivity index (χ0) is 43.8. The van der Waals surface area contributed by atoms with Gasteiger partial charge in [0.1, 0.15) is 6.10 Å². The first-order chi connectivity index (χ1) is 29.5. The molecule has 1 amide bonds. The van der Waals surface area contributed by atoms with Crippen molar-refractivity contribution in [3.05, 3.63) is 24.3 Å². The maximum atomic E-state index is 13.2. The van der Waals surface area contributed by atoms with Gasteiger partial charge in [-0.2, -0.15) is 0 Å². The molecule has 0 saturated heterocycles. The molecule has 0 aliphatic rings. The Bertz CT molecular complexity index is 950. The van der Waals surface area contributed by atoms with Gasteiger partial charge in [0.2, 0.25) is 5.91 Å². The van der Waals surface area contributed by atoms with Crippen molar-refractivity contribution in [2.24, 2.45) is 0 Å². The summed E-state index contributed by atoms with van der Waals surface area (Å²) in [6, 6.07) is -0.704. The van der Waals surface area contributed by atoms with Gasteiger partial charge in [0.15, 0.2) is 0 Å². The number of amides is 1. The smallest absolute Gasteiger partial charge is 0.306 e. The van der Waals surface area contributed by atoms with Crippen molar-refractivity contribution in [2.75, 3.05) is 6.61 Å². The Morgan fingerprint density at radius 1 is 0.467 bits per heavy atom. The molecule has 3 atom stereocenters. The average molecular weight is 846 g/mol.